The van der Waals surface area contributed by atoms with E-state index in [0.29, 0.717) is 13.0 Å². The van der Waals surface area contributed by atoms with Crippen molar-refractivity contribution in [2.45, 2.75) is 13.0 Å². The van der Waals surface area contributed by atoms with Gasteiger partial charge in [-0.25, -0.2) is 4.79 Å². The average molecular weight is 359 g/mol. The molecule has 0 aliphatic heterocycles. The molecule has 3 aromatic carbocycles. The molecule has 27 heavy (non-hydrogen) atoms. The minimum absolute atomic E-state index is 0.264. The Hall–Kier alpha value is -3.45. The highest BCUT2D eigenvalue weighted by Crippen LogP contribution is 2.21. The third kappa shape index (κ3) is 5.52. The topological polar surface area (TPSA) is 47.6 Å². The van der Waals surface area contributed by atoms with Crippen LogP contribution in [0.2, 0.25) is 0 Å². The quantitative estimate of drug-likeness (QED) is 0.538. The summed E-state index contributed by atoms with van der Waals surface area (Å²) in [5, 5.41) is 4.93. The van der Waals surface area contributed by atoms with E-state index in [1.807, 2.05) is 66.7 Å². The molecule has 0 saturated carbocycles. The van der Waals surface area contributed by atoms with Crippen LogP contribution in [-0.2, 0) is 11.3 Å². The van der Waals surface area contributed by atoms with Gasteiger partial charge >= 0.3 is 6.09 Å². The molecule has 4 heteroatoms. The van der Waals surface area contributed by atoms with Crippen molar-refractivity contribution in [3.8, 4) is 17.6 Å². The van der Waals surface area contributed by atoms with Crippen molar-refractivity contribution in [3.63, 3.8) is 0 Å². The summed E-state index contributed by atoms with van der Waals surface area (Å²) in [6.45, 7) is 0.714. The van der Waals surface area contributed by atoms with Gasteiger partial charge in [-0.1, -0.05) is 54.3 Å². The Morgan fingerprint density at radius 2 is 1.78 bits per heavy atom. The Labute approximate surface area is 159 Å². The van der Waals surface area contributed by atoms with E-state index in [9.17, 15) is 4.79 Å². The molecule has 0 bridgehead atoms. The number of fused-ring (bicyclic) bond motifs is 1. The number of carbonyl (C=O) groups is 1. The van der Waals surface area contributed by atoms with Gasteiger partial charge in [0.15, 0.2) is 0 Å². The minimum Gasteiger partial charge on any atom is -0.497 e. The van der Waals surface area contributed by atoms with Crippen molar-refractivity contribution in [1.82, 2.24) is 5.32 Å². The standard InChI is InChI=1S/C23H21NO3/c1-26-22-13-12-20-15-18(10-11-21(20)16-22)7-5-6-14-24-23(25)27-17-19-8-3-2-4-9-19/h2-4,8-13,15-16H,6,14,17H2,1H3,(H,24,25). The van der Waals surface area contributed by atoms with Crippen LogP contribution in [0, 0.1) is 11.8 Å². The maximum absolute atomic E-state index is 11.7. The van der Waals surface area contributed by atoms with Crippen LogP contribution in [0.1, 0.15) is 17.5 Å². The van der Waals surface area contributed by atoms with Crippen LogP contribution in [0.3, 0.4) is 0 Å². The summed E-state index contributed by atoms with van der Waals surface area (Å²) in [6.07, 6.45) is 0.126. The Morgan fingerprint density at radius 3 is 2.59 bits per heavy atom. The Bertz CT molecular complexity index is 971. The predicted molar refractivity (Wildman–Crippen MR) is 107 cm³/mol. The van der Waals surface area contributed by atoms with Gasteiger partial charge in [-0.05, 0) is 40.6 Å². The first kappa shape index (κ1) is 18.3. The molecule has 0 atom stereocenters. The summed E-state index contributed by atoms with van der Waals surface area (Å²) in [4.78, 5) is 11.7. The lowest BCUT2D eigenvalue weighted by atomic mass is 10.1. The van der Waals surface area contributed by atoms with Gasteiger partial charge in [0.05, 0.1) is 7.11 Å². The lowest BCUT2D eigenvalue weighted by molar-refractivity contribution is 0.140. The zero-order valence-corrected chi connectivity index (χ0v) is 15.2. The van der Waals surface area contributed by atoms with E-state index in [1.54, 1.807) is 7.11 Å². The third-order valence-electron chi connectivity index (χ3n) is 4.01. The van der Waals surface area contributed by atoms with Crippen molar-refractivity contribution in [2.75, 3.05) is 13.7 Å². The van der Waals surface area contributed by atoms with E-state index in [0.717, 1.165) is 27.6 Å². The first-order valence-corrected chi connectivity index (χ1v) is 8.76. The number of ether oxygens (including phenoxy) is 2. The monoisotopic (exact) mass is 359 g/mol. The molecule has 0 aliphatic carbocycles. The Kier molecular flexibility index (Phi) is 6.32. The summed E-state index contributed by atoms with van der Waals surface area (Å²) in [6, 6.07) is 21.6. The highest BCUT2D eigenvalue weighted by molar-refractivity contribution is 5.85. The van der Waals surface area contributed by atoms with E-state index >= 15 is 0 Å². The summed E-state index contributed by atoms with van der Waals surface area (Å²) in [5.41, 5.74) is 1.90. The predicted octanol–water partition coefficient (Wildman–Crippen LogP) is 4.52. The number of amides is 1. The van der Waals surface area contributed by atoms with E-state index in [4.69, 9.17) is 9.47 Å². The highest BCUT2D eigenvalue weighted by Gasteiger charge is 2.01. The maximum Gasteiger partial charge on any atom is 0.407 e. The molecule has 0 radical (unpaired) electrons. The maximum atomic E-state index is 11.7. The van der Waals surface area contributed by atoms with Crippen molar-refractivity contribution >= 4 is 16.9 Å². The van der Waals surface area contributed by atoms with Crippen LogP contribution in [-0.4, -0.2) is 19.7 Å². The number of hydrogen-bond acceptors (Lipinski definition) is 3. The van der Waals surface area contributed by atoms with Gasteiger partial charge in [0.2, 0.25) is 0 Å². The van der Waals surface area contributed by atoms with E-state index in [-0.39, 0.29) is 6.61 Å². The van der Waals surface area contributed by atoms with Gasteiger partial charge in [-0.15, -0.1) is 0 Å². The van der Waals surface area contributed by atoms with Crippen molar-refractivity contribution < 1.29 is 14.3 Å². The molecule has 0 spiro atoms. The van der Waals surface area contributed by atoms with Gasteiger partial charge in [-0.3, -0.25) is 0 Å². The van der Waals surface area contributed by atoms with Crippen LogP contribution in [0.5, 0.6) is 5.75 Å². The van der Waals surface area contributed by atoms with E-state index < -0.39 is 6.09 Å². The summed E-state index contributed by atoms with van der Waals surface area (Å²) in [7, 11) is 1.66. The zero-order chi connectivity index (χ0) is 18.9. The van der Waals surface area contributed by atoms with Crippen molar-refractivity contribution in [3.05, 3.63) is 77.9 Å². The van der Waals surface area contributed by atoms with E-state index in [1.165, 1.54) is 0 Å². The SMILES string of the molecule is COc1ccc2cc(C#CCCNC(=O)OCc3ccccc3)ccc2c1. The largest absolute Gasteiger partial charge is 0.497 e. The number of benzene rings is 3. The number of methoxy groups -OCH3 is 1. The van der Waals surface area contributed by atoms with Gasteiger partial charge in [0, 0.05) is 18.5 Å². The van der Waals surface area contributed by atoms with Crippen LogP contribution in [0.15, 0.2) is 66.7 Å². The molecule has 136 valence electrons. The van der Waals surface area contributed by atoms with Gasteiger partial charge < -0.3 is 14.8 Å². The van der Waals surface area contributed by atoms with Gasteiger partial charge in [0.25, 0.3) is 0 Å². The summed E-state index contributed by atoms with van der Waals surface area (Å²) >= 11 is 0. The minimum atomic E-state index is -0.430. The number of hydrogen-bond donors (Lipinski definition) is 1. The number of alkyl carbamates (subject to hydrolysis) is 1. The highest BCUT2D eigenvalue weighted by atomic mass is 16.5. The molecule has 1 amide bonds. The summed E-state index contributed by atoms with van der Waals surface area (Å²) < 4.78 is 10.4. The van der Waals surface area contributed by atoms with Crippen LogP contribution in [0.4, 0.5) is 4.79 Å². The number of rotatable bonds is 5. The number of nitrogens with one attached hydrogen (secondary N) is 1. The Morgan fingerprint density at radius 1 is 1.00 bits per heavy atom. The smallest absolute Gasteiger partial charge is 0.407 e. The second-order valence-electron chi connectivity index (χ2n) is 5.97. The Balaban J connectivity index is 1.45. The van der Waals surface area contributed by atoms with Crippen LogP contribution >= 0.6 is 0 Å². The molecule has 0 unspecified atom stereocenters. The molecule has 1 N–H and O–H groups in total. The lowest BCUT2D eigenvalue weighted by Crippen LogP contribution is -2.24. The molecule has 0 heterocycles. The molecule has 0 aliphatic rings. The molecule has 4 nitrogen and oxygen atoms in total. The molecule has 3 aromatic rings. The first-order chi connectivity index (χ1) is 13.2. The average Bonchev–Trinajstić information content (AvgIpc) is 2.72. The summed E-state index contributed by atoms with van der Waals surface area (Å²) in [5.74, 6) is 7.04. The van der Waals surface area contributed by atoms with Crippen molar-refractivity contribution in [2.24, 2.45) is 0 Å². The molecule has 3 rings (SSSR count). The zero-order valence-electron chi connectivity index (χ0n) is 15.2. The second-order valence-corrected chi connectivity index (χ2v) is 5.97. The fraction of sp³-hybridized carbons (Fsp3) is 0.174. The fourth-order valence-corrected chi connectivity index (χ4v) is 2.59. The molecule has 0 saturated heterocycles. The van der Waals surface area contributed by atoms with Crippen molar-refractivity contribution in [1.29, 1.82) is 0 Å². The lowest BCUT2D eigenvalue weighted by Gasteiger charge is -2.05. The van der Waals surface area contributed by atoms with Crippen LogP contribution in [0.25, 0.3) is 10.8 Å². The number of carbonyl (C=O) groups excluding carboxylic acids is 1. The van der Waals surface area contributed by atoms with E-state index in [2.05, 4.69) is 17.2 Å². The second kappa shape index (κ2) is 9.30. The van der Waals surface area contributed by atoms with Gasteiger partial charge in [-0.2, -0.15) is 0 Å². The normalized spacial score (nSPS) is 9.96. The third-order valence-corrected chi connectivity index (χ3v) is 4.01. The van der Waals surface area contributed by atoms with Gasteiger partial charge in [0.1, 0.15) is 12.4 Å². The first-order valence-electron chi connectivity index (χ1n) is 8.76. The molecular weight excluding hydrogens is 338 g/mol. The molecule has 0 aromatic heterocycles. The molecule has 0 fully saturated rings. The fourth-order valence-electron chi connectivity index (χ4n) is 2.59. The molecular formula is C23H21NO3. The van der Waals surface area contributed by atoms with Crippen LogP contribution < -0.4 is 10.1 Å².